The SMILES string of the molecule is CCCCCC/N=C(/C)C(CCC)C(=O)O. The van der Waals surface area contributed by atoms with E-state index < -0.39 is 5.97 Å². The molecule has 0 spiro atoms. The quantitative estimate of drug-likeness (QED) is 0.484. The van der Waals surface area contributed by atoms with Crippen LogP contribution in [-0.2, 0) is 4.79 Å². The largest absolute Gasteiger partial charge is 0.481 e. The molecular weight excluding hydrogens is 202 g/mol. The second-order valence-corrected chi connectivity index (χ2v) is 4.26. The van der Waals surface area contributed by atoms with Crippen LogP contribution in [-0.4, -0.2) is 23.3 Å². The summed E-state index contributed by atoms with van der Waals surface area (Å²) in [4.78, 5) is 15.4. The second kappa shape index (κ2) is 9.37. The van der Waals surface area contributed by atoms with Crippen molar-refractivity contribution in [2.75, 3.05) is 6.54 Å². The first-order valence-electron chi connectivity index (χ1n) is 6.37. The van der Waals surface area contributed by atoms with Crippen molar-refractivity contribution in [3.8, 4) is 0 Å². The van der Waals surface area contributed by atoms with E-state index in [2.05, 4.69) is 11.9 Å². The Balaban J connectivity index is 4.01. The van der Waals surface area contributed by atoms with Gasteiger partial charge in [-0.3, -0.25) is 9.79 Å². The predicted octanol–water partition coefficient (Wildman–Crippen LogP) is 3.53. The predicted molar refractivity (Wildman–Crippen MR) is 68.2 cm³/mol. The first kappa shape index (κ1) is 15.1. The standard InChI is InChI=1S/C13H25NO2/c1-4-6-7-8-10-14-11(3)12(9-5-2)13(15)16/h12H,4-10H2,1-3H3,(H,15,16)/b14-11-. The van der Waals surface area contributed by atoms with Gasteiger partial charge in [-0.1, -0.05) is 39.5 Å². The van der Waals surface area contributed by atoms with Crippen molar-refractivity contribution < 1.29 is 9.90 Å². The van der Waals surface area contributed by atoms with Gasteiger partial charge in [-0.2, -0.15) is 0 Å². The lowest BCUT2D eigenvalue weighted by Gasteiger charge is -2.10. The van der Waals surface area contributed by atoms with Crippen molar-refractivity contribution in [3.05, 3.63) is 0 Å². The van der Waals surface area contributed by atoms with Crippen molar-refractivity contribution in [1.82, 2.24) is 0 Å². The number of carboxylic acid groups (broad SMARTS) is 1. The molecule has 0 aliphatic carbocycles. The molecule has 0 saturated carbocycles. The normalized spacial score (nSPS) is 13.8. The van der Waals surface area contributed by atoms with Gasteiger partial charge in [0, 0.05) is 12.3 Å². The summed E-state index contributed by atoms with van der Waals surface area (Å²) in [6.45, 7) is 6.80. The van der Waals surface area contributed by atoms with Crippen LogP contribution in [0.1, 0.15) is 59.3 Å². The Morgan fingerprint density at radius 3 is 2.38 bits per heavy atom. The third-order valence-electron chi connectivity index (χ3n) is 2.75. The van der Waals surface area contributed by atoms with E-state index in [1.165, 1.54) is 19.3 Å². The molecule has 0 amide bonds. The zero-order valence-corrected chi connectivity index (χ0v) is 10.8. The third kappa shape index (κ3) is 6.59. The number of aliphatic imine (C=N–C) groups is 1. The summed E-state index contributed by atoms with van der Waals surface area (Å²) in [7, 11) is 0. The molecule has 0 saturated heterocycles. The highest BCUT2D eigenvalue weighted by Gasteiger charge is 2.18. The topological polar surface area (TPSA) is 49.7 Å². The van der Waals surface area contributed by atoms with E-state index >= 15 is 0 Å². The summed E-state index contributed by atoms with van der Waals surface area (Å²) >= 11 is 0. The molecular formula is C13H25NO2. The summed E-state index contributed by atoms with van der Waals surface area (Å²) in [5.74, 6) is -1.12. The lowest BCUT2D eigenvalue weighted by Crippen LogP contribution is -2.21. The summed E-state index contributed by atoms with van der Waals surface area (Å²) in [5.41, 5.74) is 0.783. The number of hydrogen-bond donors (Lipinski definition) is 1. The van der Waals surface area contributed by atoms with Gasteiger partial charge in [-0.15, -0.1) is 0 Å². The van der Waals surface area contributed by atoms with Gasteiger partial charge in [-0.25, -0.2) is 0 Å². The molecule has 3 nitrogen and oxygen atoms in total. The van der Waals surface area contributed by atoms with Crippen LogP contribution in [0.3, 0.4) is 0 Å². The lowest BCUT2D eigenvalue weighted by molar-refractivity contribution is -0.139. The monoisotopic (exact) mass is 227 g/mol. The van der Waals surface area contributed by atoms with Crippen LogP contribution >= 0.6 is 0 Å². The lowest BCUT2D eigenvalue weighted by atomic mass is 9.99. The first-order valence-corrected chi connectivity index (χ1v) is 6.37. The Morgan fingerprint density at radius 1 is 1.19 bits per heavy atom. The smallest absolute Gasteiger partial charge is 0.312 e. The summed E-state index contributed by atoms with van der Waals surface area (Å²) < 4.78 is 0. The van der Waals surface area contributed by atoms with Crippen LogP contribution in [0.2, 0.25) is 0 Å². The number of nitrogens with zero attached hydrogens (tertiary/aromatic N) is 1. The minimum atomic E-state index is -0.739. The molecule has 0 aromatic heterocycles. The average molecular weight is 227 g/mol. The summed E-state index contributed by atoms with van der Waals surface area (Å²) in [5, 5.41) is 9.03. The fourth-order valence-corrected chi connectivity index (χ4v) is 1.70. The number of unbranched alkanes of at least 4 members (excludes halogenated alkanes) is 3. The highest BCUT2D eigenvalue weighted by Crippen LogP contribution is 2.10. The molecule has 16 heavy (non-hydrogen) atoms. The number of rotatable bonds is 9. The van der Waals surface area contributed by atoms with E-state index in [4.69, 9.17) is 5.11 Å². The maximum Gasteiger partial charge on any atom is 0.312 e. The van der Waals surface area contributed by atoms with Crippen LogP contribution < -0.4 is 0 Å². The number of hydrogen-bond acceptors (Lipinski definition) is 2. The summed E-state index contributed by atoms with van der Waals surface area (Å²) in [6.07, 6.45) is 6.31. The molecule has 0 aromatic rings. The fraction of sp³-hybridized carbons (Fsp3) is 0.846. The second-order valence-electron chi connectivity index (χ2n) is 4.26. The Hall–Kier alpha value is -0.860. The molecule has 0 fully saturated rings. The van der Waals surface area contributed by atoms with E-state index in [9.17, 15) is 4.79 Å². The number of carboxylic acids is 1. The Bertz CT molecular complexity index is 224. The van der Waals surface area contributed by atoms with Gasteiger partial charge in [0.1, 0.15) is 0 Å². The van der Waals surface area contributed by atoms with Crippen LogP contribution in [0.25, 0.3) is 0 Å². The van der Waals surface area contributed by atoms with Gasteiger partial charge < -0.3 is 5.11 Å². The van der Waals surface area contributed by atoms with E-state index in [1.807, 2.05) is 13.8 Å². The molecule has 0 aromatic carbocycles. The number of aliphatic carboxylic acids is 1. The summed E-state index contributed by atoms with van der Waals surface area (Å²) in [6, 6.07) is 0. The van der Waals surface area contributed by atoms with Crippen LogP contribution in [0, 0.1) is 5.92 Å². The van der Waals surface area contributed by atoms with Crippen molar-refractivity contribution in [3.63, 3.8) is 0 Å². The maximum absolute atomic E-state index is 11.0. The zero-order valence-electron chi connectivity index (χ0n) is 10.8. The van der Waals surface area contributed by atoms with Gasteiger partial charge in [0.05, 0.1) is 5.92 Å². The van der Waals surface area contributed by atoms with Gasteiger partial charge in [0.25, 0.3) is 0 Å². The molecule has 1 N–H and O–H groups in total. The zero-order chi connectivity index (χ0) is 12.4. The minimum Gasteiger partial charge on any atom is -0.481 e. The van der Waals surface area contributed by atoms with Crippen molar-refractivity contribution in [2.45, 2.75) is 59.3 Å². The molecule has 1 unspecified atom stereocenters. The molecule has 94 valence electrons. The van der Waals surface area contributed by atoms with E-state index in [0.717, 1.165) is 25.1 Å². The fourth-order valence-electron chi connectivity index (χ4n) is 1.70. The molecule has 0 heterocycles. The Kier molecular flexibility index (Phi) is 8.87. The van der Waals surface area contributed by atoms with Crippen LogP contribution in [0.15, 0.2) is 4.99 Å². The molecule has 1 atom stereocenters. The van der Waals surface area contributed by atoms with Crippen LogP contribution in [0.4, 0.5) is 0 Å². The average Bonchev–Trinajstić information content (AvgIpc) is 2.24. The van der Waals surface area contributed by atoms with E-state index in [1.54, 1.807) is 0 Å². The van der Waals surface area contributed by atoms with Gasteiger partial charge in [0.2, 0.25) is 0 Å². The van der Waals surface area contributed by atoms with Gasteiger partial charge >= 0.3 is 5.97 Å². The molecule has 0 aliphatic rings. The van der Waals surface area contributed by atoms with Gasteiger partial charge in [-0.05, 0) is 19.8 Å². The Labute approximate surface area is 99.0 Å². The van der Waals surface area contributed by atoms with Crippen molar-refractivity contribution >= 4 is 11.7 Å². The van der Waals surface area contributed by atoms with Crippen molar-refractivity contribution in [2.24, 2.45) is 10.9 Å². The maximum atomic E-state index is 11.0. The van der Waals surface area contributed by atoms with E-state index in [-0.39, 0.29) is 5.92 Å². The van der Waals surface area contributed by atoms with Crippen LogP contribution in [0.5, 0.6) is 0 Å². The molecule has 3 heteroatoms. The minimum absolute atomic E-state index is 0.379. The highest BCUT2D eigenvalue weighted by molar-refractivity contribution is 6.00. The number of carbonyl (C=O) groups is 1. The molecule has 0 radical (unpaired) electrons. The molecule has 0 rings (SSSR count). The van der Waals surface area contributed by atoms with Gasteiger partial charge in [0.15, 0.2) is 0 Å². The van der Waals surface area contributed by atoms with E-state index in [0.29, 0.717) is 6.42 Å². The first-order chi connectivity index (χ1) is 7.63. The Morgan fingerprint density at radius 2 is 1.88 bits per heavy atom. The third-order valence-corrected chi connectivity index (χ3v) is 2.75. The highest BCUT2D eigenvalue weighted by atomic mass is 16.4. The van der Waals surface area contributed by atoms with Crippen molar-refractivity contribution in [1.29, 1.82) is 0 Å². The molecule has 0 bridgehead atoms. The molecule has 0 aliphatic heterocycles.